The maximum Gasteiger partial charge on any atom is 0.314 e. The summed E-state index contributed by atoms with van der Waals surface area (Å²) in [6, 6.07) is 0. The van der Waals surface area contributed by atoms with Crippen molar-refractivity contribution in [2.45, 2.75) is 19.8 Å². The monoisotopic (exact) mass is 182 g/mol. The van der Waals surface area contributed by atoms with Crippen LogP contribution in [0.15, 0.2) is 0 Å². The number of hydrogen-bond donors (Lipinski definition) is 0. The first-order valence-electron chi connectivity index (χ1n) is 3.13. The van der Waals surface area contributed by atoms with Crippen molar-refractivity contribution in [2.24, 2.45) is 0 Å². The van der Waals surface area contributed by atoms with Crippen LogP contribution in [0.2, 0.25) is 0 Å². The zero-order chi connectivity index (χ0) is 7.82. The van der Waals surface area contributed by atoms with Gasteiger partial charge in [-0.15, -0.1) is 11.6 Å². The van der Waals surface area contributed by atoms with Gasteiger partial charge in [-0.25, -0.2) is 0 Å². The molecule has 0 spiro atoms. The van der Waals surface area contributed by atoms with E-state index < -0.39 is 0 Å². The van der Waals surface area contributed by atoms with Gasteiger partial charge in [0.05, 0.1) is 12.0 Å². The molecule has 0 fully saturated rings. The summed E-state index contributed by atoms with van der Waals surface area (Å²) in [4.78, 5) is 10.2. The molecule has 10 heavy (non-hydrogen) atoms. The van der Waals surface area contributed by atoms with E-state index in [1.54, 1.807) is 0 Å². The largest absolute Gasteiger partial charge is 0.392 e. The summed E-state index contributed by atoms with van der Waals surface area (Å²) in [6.45, 7) is 1.40. The number of rotatable bonds is 5. The molecule has 0 aliphatic heterocycles. The molecule has 0 aromatic rings. The van der Waals surface area contributed by atoms with Gasteiger partial charge >= 0.3 is 5.97 Å². The number of halogens is 1. The molecule has 0 heterocycles. The molecule has 0 N–H and O–H groups in total. The molecule has 60 valence electrons. The molecule has 0 radical (unpaired) electrons. The summed E-state index contributed by atoms with van der Waals surface area (Å²) in [5.41, 5.74) is 0. The van der Waals surface area contributed by atoms with E-state index in [1.165, 1.54) is 19.0 Å². The van der Waals surface area contributed by atoms with E-state index in [4.69, 9.17) is 11.6 Å². The van der Waals surface area contributed by atoms with E-state index in [-0.39, 0.29) is 5.97 Å². The molecule has 2 nitrogen and oxygen atoms in total. The molecule has 0 aromatic heterocycles. The quantitative estimate of drug-likeness (QED) is 0.371. The molecular weight excluding hydrogens is 172 g/mol. The van der Waals surface area contributed by atoms with Crippen molar-refractivity contribution in [3.8, 4) is 0 Å². The van der Waals surface area contributed by atoms with Crippen LogP contribution < -0.4 is 0 Å². The van der Waals surface area contributed by atoms with Crippen molar-refractivity contribution in [3.63, 3.8) is 0 Å². The van der Waals surface area contributed by atoms with E-state index in [0.29, 0.717) is 5.88 Å². The van der Waals surface area contributed by atoms with E-state index in [0.717, 1.165) is 18.6 Å². The average Bonchev–Trinajstić information content (AvgIpc) is 1.87. The van der Waals surface area contributed by atoms with Crippen molar-refractivity contribution < 1.29 is 8.98 Å². The maximum atomic E-state index is 10.2. The predicted octanol–water partition coefficient (Wildman–Crippen LogP) is 2.22. The number of carbonyl (C=O) groups excluding carboxylic acids is 1. The summed E-state index contributed by atoms with van der Waals surface area (Å²) < 4.78 is 4.62. The minimum absolute atomic E-state index is 0.240. The smallest absolute Gasteiger partial charge is 0.314 e. The second kappa shape index (κ2) is 7.22. The van der Waals surface area contributed by atoms with Gasteiger partial charge in [-0.05, 0) is 12.8 Å². The SMILES string of the molecule is CC(=O)OSCCCCCl. The third kappa shape index (κ3) is 8.11. The maximum absolute atomic E-state index is 10.2. The zero-order valence-electron chi connectivity index (χ0n) is 5.93. The van der Waals surface area contributed by atoms with Crippen LogP contribution in [-0.4, -0.2) is 17.6 Å². The Morgan fingerprint density at radius 1 is 1.60 bits per heavy atom. The third-order valence-corrected chi connectivity index (χ3v) is 1.86. The zero-order valence-corrected chi connectivity index (χ0v) is 7.50. The Hall–Kier alpha value is 0.110. The first-order valence-corrected chi connectivity index (χ1v) is 4.58. The summed E-state index contributed by atoms with van der Waals surface area (Å²) in [6.07, 6.45) is 1.98. The molecule has 0 unspecified atom stereocenters. The van der Waals surface area contributed by atoms with E-state index >= 15 is 0 Å². The third-order valence-electron chi connectivity index (χ3n) is 0.788. The second-order valence-electron chi connectivity index (χ2n) is 1.79. The van der Waals surface area contributed by atoms with Crippen LogP contribution in [0.3, 0.4) is 0 Å². The Bertz CT molecular complexity index is 97.7. The van der Waals surface area contributed by atoms with Gasteiger partial charge in [0.1, 0.15) is 0 Å². The lowest BCUT2D eigenvalue weighted by atomic mass is 10.4. The summed E-state index contributed by atoms with van der Waals surface area (Å²) >= 11 is 6.62. The Kier molecular flexibility index (Phi) is 7.30. The molecule has 0 aliphatic carbocycles. The Balaban J connectivity index is 2.84. The van der Waals surface area contributed by atoms with E-state index in [9.17, 15) is 4.79 Å². The van der Waals surface area contributed by atoms with Crippen molar-refractivity contribution in [2.75, 3.05) is 11.6 Å². The van der Waals surface area contributed by atoms with Crippen LogP contribution in [0.1, 0.15) is 19.8 Å². The molecule has 4 heteroatoms. The molecule has 0 aliphatic rings. The highest BCUT2D eigenvalue weighted by atomic mass is 35.5. The van der Waals surface area contributed by atoms with Crippen LogP contribution in [0.4, 0.5) is 0 Å². The molecule has 0 amide bonds. The minimum atomic E-state index is -0.240. The van der Waals surface area contributed by atoms with Gasteiger partial charge in [-0.2, -0.15) is 0 Å². The normalized spacial score (nSPS) is 9.40. The first-order chi connectivity index (χ1) is 4.77. The Morgan fingerprint density at radius 2 is 2.30 bits per heavy atom. The molecule has 0 saturated carbocycles. The van der Waals surface area contributed by atoms with Crippen LogP contribution in [0.5, 0.6) is 0 Å². The lowest BCUT2D eigenvalue weighted by Crippen LogP contribution is -1.91. The minimum Gasteiger partial charge on any atom is -0.392 e. The van der Waals surface area contributed by atoms with Gasteiger partial charge in [-0.1, -0.05) is 0 Å². The van der Waals surface area contributed by atoms with Crippen LogP contribution in [0.25, 0.3) is 0 Å². The molecule has 0 saturated heterocycles. The van der Waals surface area contributed by atoms with Crippen LogP contribution >= 0.6 is 23.6 Å². The highest BCUT2D eigenvalue weighted by Gasteiger charge is 1.93. The molecule has 0 aromatic carbocycles. The van der Waals surface area contributed by atoms with Gasteiger partial charge in [0, 0.05) is 18.6 Å². The summed E-state index contributed by atoms with van der Waals surface area (Å²) in [7, 11) is 0. The number of unbranched alkanes of at least 4 members (excludes halogenated alkanes) is 1. The van der Waals surface area contributed by atoms with Gasteiger partial charge in [0.15, 0.2) is 0 Å². The molecular formula is C6H11ClO2S. The number of alkyl halides is 1. The molecule has 0 rings (SSSR count). The van der Waals surface area contributed by atoms with Crippen molar-refractivity contribution in [1.82, 2.24) is 0 Å². The number of carbonyl (C=O) groups is 1. The Morgan fingerprint density at radius 3 is 2.80 bits per heavy atom. The second-order valence-corrected chi connectivity index (χ2v) is 2.98. The lowest BCUT2D eigenvalue weighted by Gasteiger charge is -1.96. The Labute approximate surface area is 70.5 Å². The fourth-order valence-corrected chi connectivity index (χ4v) is 1.14. The molecule has 0 atom stereocenters. The number of hydrogen-bond acceptors (Lipinski definition) is 3. The van der Waals surface area contributed by atoms with Crippen LogP contribution in [-0.2, 0) is 8.98 Å². The standard InChI is InChI=1S/C6H11ClO2S/c1-6(8)9-10-5-3-2-4-7/h2-5H2,1H3. The topological polar surface area (TPSA) is 26.3 Å². The predicted molar refractivity (Wildman–Crippen MR) is 44.2 cm³/mol. The highest BCUT2D eigenvalue weighted by molar-refractivity contribution is 7.95. The van der Waals surface area contributed by atoms with Gasteiger partial charge < -0.3 is 4.18 Å². The van der Waals surface area contributed by atoms with Crippen LogP contribution in [0, 0.1) is 0 Å². The fraction of sp³-hybridized carbons (Fsp3) is 0.833. The summed E-state index contributed by atoms with van der Waals surface area (Å²) in [5.74, 6) is 1.28. The van der Waals surface area contributed by atoms with Crippen molar-refractivity contribution in [3.05, 3.63) is 0 Å². The highest BCUT2D eigenvalue weighted by Crippen LogP contribution is 2.06. The van der Waals surface area contributed by atoms with Crippen molar-refractivity contribution in [1.29, 1.82) is 0 Å². The van der Waals surface area contributed by atoms with E-state index in [2.05, 4.69) is 4.18 Å². The summed E-state index contributed by atoms with van der Waals surface area (Å²) in [5, 5.41) is 0. The van der Waals surface area contributed by atoms with Gasteiger partial charge in [-0.3, -0.25) is 4.79 Å². The average molecular weight is 183 g/mol. The van der Waals surface area contributed by atoms with Gasteiger partial charge in [0.2, 0.25) is 0 Å². The fourth-order valence-electron chi connectivity index (χ4n) is 0.380. The first kappa shape index (κ1) is 10.1. The molecule has 0 bridgehead atoms. The lowest BCUT2D eigenvalue weighted by molar-refractivity contribution is -0.130. The van der Waals surface area contributed by atoms with Crippen molar-refractivity contribution >= 4 is 29.6 Å². The van der Waals surface area contributed by atoms with E-state index in [1.807, 2.05) is 0 Å². The van der Waals surface area contributed by atoms with Gasteiger partial charge in [0.25, 0.3) is 0 Å².